The molecule has 1 aliphatic heterocycles. The van der Waals surface area contributed by atoms with Crippen LogP contribution in [0, 0.1) is 0 Å². The highest BCUT2D eigenvalue weighted by Gasteiger charge is 2.24. The average molecular weight is 332 g/mol. The maximum Gasteiger partial charge on any atom is 0.244 e. The molecule has 1 heterocycles. The SMILES string of the molecule is CC(CN1CCCCC1)NS(=O)(=O)c1c(N)cccc1Cl. The number of nitrogen functional groups attached to an aromatic ring is 1. The topological polar surface area (TPSA) is 75.4 Å². The molecule has 3 N–H and O–H groups in total. The minimum atomic E-state index is -3.71. The Bertz CT molecular complexity index is 566. The fraction of sp³-hybridized carbons (Fsp3) is 0.571. The van der Waals surface area contributed by atoms with Gasteiger partial charge in [0.25, 0.3) is 0 Å². The fourth-order valence-electron chi connectivity index (χ4n) is 2.70. The molecule has 1 atom stereocenters. The van der Waals surface area contributed by atoms with E-state index in [0.717, 1.165) is 13.1 Å². The van der Waals surface area contributed by atoms with Crippen molar-refractivity contribution < 1.29 is 8.42 Å². The van der Waals surface area contributed by atoms with Gasteiger partial charge < -0.3 is 10.6 Å². The van der Waals surface area contributed by atoms with Gasteiger partial charge in [-0.3, -0.25) is 0 Å². The summed E-state index contributed by atoms with van der Waals surface area (Å²) in [6, 6.07) is 4.51. The lowest BCUT2D eigenvalue weighted by Crippen LogP contribution is -2.43. The highest BCUT2D eigenvalue weighted by Crippen LogP contribution is 2.27. The first-order chi connectivity index (χ1) is 9.90. The molecule has 0 radical (unpaired) electrons. The average Bonchev–Trinajstić information content (AvgIpc) is 2.38. The molecule has 1 aromatic rings. The number of sulfonamides is 1. The summed E-state index contributed by atoms with van der Waals surface area (Å²) in [7, 11) is -3.71. The number of halogens is 1. The molecule has 0 spiro atoms. The molecule has 7 heteroatoms. The summed E-state index contributed by atoms with van der Waals surface area (Å²) < 4.78 is 27.5. The Labute approximate surface area is 131 Å². The minimum absolute atomic E-state index is 0.0304. The number of nitrogens with zero attached hydrogens (tertiary/aromatic N) is 1. The van der Waals surface area contributed by atoms with Crippen molar-refractivity contribution in [1.82, 2.24) is 9.62 Å². The van der Waals surface area contributed by atoms with Crippen LogP contribution in [-0.2, 0) is 10.0 Å². The fourth-order valence-corrected chi connectivity index (χ4v) is 4.61. The van der Waals surface area contributed by atoms with Gasteiger partial charge in [-0.1, -0.05) is 24.1 Å². The van der Waals surface area contributed by atoms with Crippen LogP contribution in [0.4, 0.5) is 5.69 Å². The summed E-state index contributed by atoms with van der Waals surface area (Å²) in [5.41, 5.74) is 5.92. The van der Waals surface area contributed by atoms with Gasteiger partial charge in [0.2, 0.25) is 10.0 Å². The normalized spacial score (nSPS) is 18.6. The first kappa shape index (κ1) is 16.5. The molecule has 1 unspecified atom stereocenters. The van der Waals surface area contributed by atoms with Crippen molar-refractivity contribution in [2.45, 2.75) is 37.1 Å². The Morgan fingerprint density at radius 3 is 2.62 bits per heavy atom. The Hall–Kier alpha value is -0.820. The number of nitrogens with one attached hydrogen (secondary N) is 1. The highest BCUT2D eigenvalue weighted by molar-refractivity contribution is 7.89. The largest absolute Gasteiger partial charge is 0.398 e. The van der Waals surface area contributed by atoms with Crippen LogP contribution in [-0.4, -0.2) is 39.0 Å². The zero-order valence-electron chi connectivity index (χ0n) is 12.2. The maximum absolute atomic E-state index is 12.4. The number of anilines is 1. The molecule has 0 aromatic heterocycles. The van der Waals surface area contributed by atoms with Gasteiger partial charge in [0.1, 0.15) is 4.90 Å². The Morgan fingerprint density at radius 2 is 2.00 bits per heavy atom. The van der Waals surface area contributed by atoms with Crippen LogP contribution in [0.5, 0.6) is 0 Å². The van der Waals surface area contributed by atoms with Gasteiger partial charge in [-0.25, -0.2) is 13.1 Å². The van der Waals surface area contributed by atoms with Crippen molar-refractivity contribution in [2.75, 3.05) is 25.4 Å². The molecule has 1 fully saturated rings. The van der Waals surface area contributed by atoms with Gasteiger partial charge in [0, 0.05) is 12.6 Å². The van der Waals surface area contributed by atoms with Gasteiger partial charge in [-0.2, -0.15) is 0 Å². The molecule has 1 aromatic carbocycles. The predicted molar refractivity (Wildman–Crippen MR) is 85.9 cm³/mol. The van der Waals surface area contributed by atoms with Crippen molar-refractivity contribution in [3.8, 4) is 0 Å². The second-order valence-electron chi connectivity index (χ2n) is 5.54. The Kier molecular flexibility index (Phi) is 5.48. The maximum atomic E-state index is 12.4. The van der Waals surface area contributed by atoms with E-state index in [9.17, 15) is 8.42 Å². The molecule has 0 aliphatic carbocycles. The van der Waals surface area contributed by atoms with Crippen molar-refractivity contribution in [3.05, 3.63) is 23.2 Å². The standard InChI is InChI=1S/C14H22ClN3O2S/c1-11(10-18-8-3-2-4-9-18)17-21(19,20)14-12(15)6-5-7-13(14)16/h5-7,11,17H,2-4,8-10,16H2,1H3. The molecule has 118 valence electrons. The molecule has 1 aliphatic rings. The summed E-state index contributed by atoms with van der Waals surface area (Å²) >= 11 is 5.98. The smallest absolute Gasteiger partial charge is 0.244 e. The van der Waals surface area contributed by atoms with Crippen molar-refractivity contribution in [1.29, 1.82) is 0 Å². The van der Waals surface area contributed by atoms with E-state index >= 15 is 0 Å². The van der Waals surface area contributed by atoms with E-state index in [4.69, 9.17) is 17.3 Å². The van der Waals surface area contributed by atoms with Crippen LogP contribution in [0.25, 0.3) is 0 Å². The summed E-state index contributed by atoms with van der Waals surface area (Å²) in [5.74, 6) is 0. The van der Waals surface area contributed by atoms with Crippen LogP contribution in [0.2, 0.25) is 5.02 Å². The van der Waals surface area contributed by atoms with Crippen molar-refractivity contribution in [3.63, 3.8) is 0 Å². The van der Waals surface area contributed by atoms with E-state index in [2.05, 4.69) is 9.62 Å². The van der Waals surface area contributed by atoms with Crippen molar-refractivity contribution >= 4 is 27.3 Å². The molecule has 0 bridgehead atoms. The lowest BCUT2D eigenvalue weighted by Gasteiger charge is -2.29. The zero-order chi connectivity index (χ0) is 15.5. The quantitative estimate of drug-likeness (QED) is 0.810. The molecule has 5 nitrogen and oxygen atoms in total. The molecule has 2 rings (SSSR count). The zero-order valence-corrected chi connectivity index (χ0v) is 13.8. The lowest BCUT2D eigenvalue weighted by atomic mass is 10.1. The van der Waals surface area contributed by atoms with Crippen LogP contribution >= 0.6 is 11.6 Å². The number of rotatable bonds is 5. The minimum Gasteiger partial charge on any atom is -0.398 e. The van der Waals surface area contributed by atoms with Gasteiger partial charge in [-0.15, -0.1) is 0 Å². The van der Waals surface area contributed by atoms with Crippen LogP contribution in [0.3, 0.4) is 0 Å². The molecular weight excluding hydrogens is 310 g/mol. The second-order valence-corrected chi connectivity index (χ2v) is 7.60. The van der Waals surface area contributed by atoms with Gasteiger partial charge in [0.05, 0.1) is 10.7 Å². The Morgan fingerprint density at radius 1 is 1.33 bits per heavy atom. The first-order valence-electron chi connectivity index (χ1n) is 7.19. The number of piperidine rings is 1. The number of hydrogen-bond acceptors (Lipinski definition) is 4. The third-order valence-electron chi connectivity index (χ3n) is 3.60. The lowest BCUT2D eigenvalue weighted by molar-refractivity contribution is 0.215. The summed E-state index contributed by atoms with van der Waals surface area (Å²) in [6.07, 6.45) is 3.61. The third-order valence-corrected chi connectivity index (χ3v) is 5.74. The number of benzene rings is 1. The van der Waals surface area contributed by atoms with Gasteiger partial charge in [0.15, 0.2) is 0 Å². The number of likely N-dealkylation sites (tertiary alicyclic amines) is 1. The monoisotopic (exact) mass is 331 g/mol. The first-order valence-corrected chi connectivity index (χ1v) is 9.05. The van der Waals surface area contributed by atoms with Crippen LogP contribution in [0.15, 0.2) is 23.1 Å². The number of nitrogens with two attached hydrogens (primary N) is 1. The molecular formula is C14H22ClN3O2S. The Balaban J connectivity index is 2.06. The van der Waals surface area contributed by atoms with E-state index in [1.54, 1.807) is 6.07 Å². The predicted octanol–water partition coefficient (Wildman–Crippen LogP) is 2.07. The van der Waals surface area contributed by atoms with E-state index in [-0.39, 0.29) is 21.6 Å². The molecule has 21 heavy (non-hydrogen) atoms. The second kappa shape index (κ2) is 6.96. The molecule has 0 saturated carbocycles. The van der Waals surface area contributed by atoms with Crippen LogP contribution in [0.1, 0.15) is 26.2 Å². The van der Waals surface area contributed by atoms with E-state index in [1.807, 2.05) is 6.92 Å². The number of hydrogen-bond donors (Lipinski definition) is 2. The van der Waals surface area contributed by atoms with E-state index in [0.29, 0.717) is 6.54 Å². The van der Waals surface area contributed by atoms with Gasteiger partial charge in [-0.05, 0) is 45.0 Å². The van der Waals surface area contributed by atoms with E-state index < -0.39 is 10.0 Å². The summed E-state index contributed by atoms with van der Waals surface area (Å²) in [5, 5.41) is 0.146. The van der Waals surface area contributed by atoms with Crippen LogP contribution < -0.4 is 10.5 Å². The molecule has 1 saturated heterocycles. The van der Waals surface area contributed by atoms with Gasteiger partial charge >= 0.3 is 0 Å². The third kappa shape index (κ3) is 4.32. The van der Waals surface area contributed by atoms with E-state index in [1.165, 1.54) is 31.4 Å². The summed E-state index contributed by atoms with van der Waals surface area (Å²) in [4.78, 5) is 2.25. The molecule has 0 amide bonds. The van der Waals surface area contributed by atoms with Crippen molar-refractivity contribution in [2.24, 2.45) is 0 Å². The summed E-state index contributed by atoms with van der Waals surface area (Å²) in [6.45, 7) is 4.61. The highest BCUT2D eigenvalue weighted by atomic mass is 35.5.